The van der Waals surface area contributed by atoms with Crippen LogP contribution in [0.3, 0.4) is 0 Å². The molecule has 0 fully saturated rings. The molecular weight excluding hydrogens is 162 g/mol. The Bertz CT molecular complexity index is 281. The van der Waals surface area contributed by atoms with Gasteiger partial charge in [-0.3, -0.25) is 4.98 Å². The summed E-state index contributed by atoms with van der Waals surface area (Å²) >= 11 is 0. The first-order chi connectivity index (χ1) is 6.09. The van der Waals surface area contributed by atoms with Gasteiger partial charge in [0, 0.05) is 35.7 Å². The number of nitrogens with two attached hydrogens (primary N) is 1. The highest BCUT2D eigenvalue weighted by molar-refractivity contribution is 5.46. The number of nitrogens with one attached hydrogen (secondary N) is 1. The molecule has 1 rings (SSSR count). The van der Waals surface area contributed by atoms with E-state index < -0.39 is 0 Å². The van der Waals surface area contributed by atoms with Gasteiger partial charge < -0.3 is 11.1 Å². The van der Waals surface area contributed by atoms with Crippen molar-refractivity contribution in [3.8, 4) is 0 Å². The Kier molecular flexibility index (Phi) is 3.25. The molecule has 0 bridgehead atoms. The van der Waals surface area contributed by atoms with Gasteiger partial charge in [-0.25, -0.2) is 0 Å². The predicted molar refractivity (Wildman–Crippen MR) is 55.4 cm³/mol. The fourth-order valence-corrected chi connectivity index (χ4v) is 1.07. The Morgan fingerprint density at radius 3 is 2.77 bits per heavy atom. The van der Waals surface area contributed by atoms with Crippen molar-refractivity contribution in [2.75, 3.05) is 5.73 Å². The van der Waals surface area contributed by atoms with Gasteiger partial charge in [-0.2, -0.15) is 0 Å². The van der Waals surface area contributed by atoms with Crippen molar-refractivity contribution in [1.82, 2.24) is 10.3 Å². The topological polar surface area (TPSA) is 50.9 Å². The highest BCUT2D eigenvalue weighted by Crippen LogP contribution is 2.10. The van der Waals surface area contributed by atoms with Crippen LogP contribution in [0.15, 0.2) is 12.3 Å². The molecule has 1 aromatic rings. The molecule has 0 aliphatic carbocycles. The van der Waals surface area contributed by atoms with E-state index in [-0.39, 0.29) is 0 Å². The maximum Gasteiger partial charge on any atom is 0.0393 e. The largest absolute Gasteiger partial charge is 0.398 e. The second-order valence-electron chi connectivity index (χ2n) is 3.56. The summed E-state index contributed by atoms with van der Waals surface area (Å²) in [4.78, 5) is 4.20. The normalized spacial score (nSPS) is 10.8. The standard InChI is InChI=1S/C10H17N3/c1-7(2)12-5-9-6-13-8(3)4-10(9)11/h4,6-7,12H,5H2,1-3H3,(H2,11,13). The number of anilines is 1. The highest BCUT2D eigenvalue weighted by atomic mass is 14.9. The van der Waals surface area contributed by atoms with Gasteiger partial charge in [-0.1, -0.05) is 13.8 Å². The molecule has 0 saturated carbocycles. The van der Waals surface area contributed by atoms with Gasteiger partial charge in [0.25, 0.3) is 0 Å². The Labute approximate surface area is 79.4 Å². The summed E-state index contributed by atoms with van der Waals surface area (Å²) in [5.41, 5.74) is 8.68. The molecule has 13 heavy (non-hydrogen) atoms. The third-order valence-electron chi connectivity index (χ3n) is 1.86. The van der Waals surface area contributed by atoms with Crippen LogP contribution in [0.1, 0.15) is 25.1 Å². The summed E-state index contributed by atoms with van der Waals surface area (Å²) in [6.45, 7) is 6.95. The number of nitrogen functional groups attached to an aromatic ring is 1. The molecule has 0 aliphatic rings. The minimum atomic E-state index is 0.473. The third kappa shape index (κ3) is 3.03. The monoisotopic (exact) mass is 179 g/mol. The van der Waals surface area contributed by atoms with Crippen LogP contribution in [0.4, 0.5) is 5.69 Å². The van der Waals surface area contributed by atoms with Crippen molar-refractivity contribution in [2.45, 2.75) is 33.4 Å². The molecule has 72 valence electrons. The van der Waals surface area contributed by atoms with Gasteiger partial charge in [0.2, 0.25) is 0 Å². The van der Waals surface area contributed by atoms with E-state index in [4.69, 9.17) is 5.73 Å². The van der Waals surface area contributed by atoms with E-state index in [1.54, 1.807) is 0 Å². The quantitative estimate of drug-likeness (QED) is 0.738. The number of aryl methyl sites for hydroxylation is 1. The maximum absolute atomic E-state index is 5.83. The first-order valence-corrected chi connectivity index (χ1v) is 4.54. The summed E-state index contributed by atoms with van der Waals surface area (Å²) in [6, 6.07) is 2.37. The second kappa shape index (κ2) is 4.23. The summed E-state index contributed by atoms with van der Waals surface area (Å²) < 4.78 is 0. The van der Waals surface area contributed by atoms with E-state index in [2.05, 4.69) is 24.1 Å². The summed E-state index contributed by atoms with van der Waals surface area (Å²) in [6.07, 6.45) is 1.83. The van der Waals surface area contributed by atoms with Crippen LogP contribution in [0.25, 0.3) is 0 Å². The molecule has 0 unspecified atom stereocenters. The Balaban J connectivity index is 2.67. The van der Waals surface area contributed by atoms with Crippen LogP contribution >= 0.6 is 0 Å². The van der Waals surface area contributed by atoms with E-state index in [0.717, 1.165) is 23.5 Å². The van der Waals surface area contributed by atoms with E-state index in [1.165, 1.54) is 0 Å². The smallest absolute Gasteiger partial charge is 0.0393 e. The number of pyridine rings is 1. The lowest BCUT2D eigenvalue weighted by Crippen LogP contribution is -2.22. The number of nitrogens with zero attached hydrogens (tertiary/aromatic N) is 1. The molecule has 0 aromatic carbocycles. The Morgan fingerprint density at radius 2 is 2.23 bits per heavy atom. The Hall–Kier alpha value is -1.09. The van der Waals surface area contributed by atoms with Crippen molar-refractivity contribution in [3.63, 3.8) is 0 Å². The van der Waals surface area contributed by atoms with Gasteiger partial charge in [0.15, 0.2) is 0 Å². The van der Waals surface area contributed by atoms with Crippen molar-refractivity contribution >= 4 is 5.69 Å². The molecule has 0 spiro atoms. The third-order valence-corrected chi connectivity index (χ3v) is 1.86. The average Bonchev–Trinajstić information content (AvgIpc) is 2.02. The van der Waals surface area contributed by atoms with E-state index in [0.29, 0.717) is 6.04 Å². The second-order valence-corrected chi connectivity index (χ2v) is 3.56. The molecule has 0 atom stereocenters. The van der Waals surface area contributed by atoms with Gasteiger partial charge >= 0.3 is 0 Å². The molecule has 0 aliphatic heterocycles. The molecule has 0 amide bonds. The molecule has 0 radical (unpaired) electrons. The molecule has 3 heteroatoms. The minimum Gasteiger partial charge on any atom is -0.398 e. The zero-order chi connectivity index (χ0) is 9.84. The summed E-state index contributed by atoms with van der Waals surface area (Å²) in [5.74, 6) is 0. The lowest BCUT2D eigenvalue weighted by Gasteiger charge is -2.09. The number of aromatic nitrogens is 1. The fraction of sp³-hybridized carbons (Fsp3) is 0.500. The number of rotatable bonds is 3. The van der Waals surface area contributed by atoms with Gasteiger partial charge in [-0.15, -0.1) is 0 Å². The van der Waals surface area contributed by atoms with Crippen LogP contribution < -0.4 is 11.1 Å². The first-order valence-electron chi connectivity index (χ1n) is 4.54. The van der Waals surface area contributed by atoms with Crippen LogP contribution in [-0.4, -0.2) is 11.0 Å². The minimum absolute atomic E-state index is 0.473. The average molecular weight is 179 g/mol. The van der Waals surface area contributed by atoms with Crippen molar-refractivity contribution in [3.05, 3.63) is 23.5 Å². The molecule has 1 heterocycles. The van der Waals surface area contributed by atoms with Crippen LogP contribution in [0.5, 0.6) is 0 Å². The van der Waals surface area contributed by atoms with E-state index in [9.17, 15) is 0 Å². The van der Waals surface area contributed by atoms with Gasteiger partial charge in [0.05, 0.1) is 0 Å². The van der Waals surface area contributed by atoms with Gasteiger partial charge in [-0.05, 0) is 13.0 Å². The first kappa shape index (κ1) is 9.99. The fourth-order valence-electron chi connectivity index (χ4n) is 1.07. The lowest BCUT2D eigenvalue weighted by atomic mass is 10.2. The van der Waals surface area contributed by atoms with Crippen molar-refractivity contribution in [1.29, 1.82) is 0 Å². The zero-order valence-electron chi connectivity index (χ0n) is 8.46. The van der Waals surface area contributed by atoms with Crippen molar-refractivity contribution in [2.24, 2.45) is 0 Å². The van der Waals surface area contributed by atoms with Crippen LogP contribution in [0, 0.1) is 6.92 Å². The van der Waals surface area contributed by atoms with E-state index >= 15 is 0 Å². The zero-order valence-corrected chi connectivity index (χ0v) is 8.46. The summed E-state index contributed by atoms with van der Waals surface area (Å²) in [5, 5.41) is 3.30. The molecule has 1 aromatic heterocycles. The lowest BCUT2D eigenvalue weighted by molar-refractivity contribution is 0.588. The summed E-state index contributed by atoms with van der Waals surface area (Å²) in [7, 11) is 0. The molecule has 3 N–H and O–H groups in total. The van der Waals surface area contributed by atoms with Crippen molar-refractivity contribution < 1.29 is 0 Å². The van der Waals surface area contributed by atoms with E-state index in [1.807, 2.05) is 19.2 Å². The molecule has 3 nitrogen and oxygen atoms in total. The molecule has 0 saturated heterocycles. The highest BCUT2D eigenvalue weighted by Gasteiger charge is 2.00. The number of hydrogen-bond acceptors (Lipinski definition) is 3. The van der Waals surface area contributed by atoms with Crippen LogP contribution in [-0.2, 0) is 6.54 Å². The van der Waals surface area contributed by atoms with Gasteiger partial charge in [0.1, 0.15) is 0 Å². The number of hydrogen-bond donors (Lipinski definition) is 2. The predicted octanol–water partition coefficient (Wildman–Crippen LogP) is 1.47. The maximum atomic E-state index is 5.83. The Morgan fingerprint density at radius 1 is 1.54 bits per heavy atom. The SMILES string of the molecule is Cc1cc(N)c(CNC(C)C)cn1. The molecular formula is C10H17N3. The van der Waals surface area contributed by atoms with Crippen LogP contribution in [0.2, 0.25) is 0 Å².